The number of primary sulfonamides is 1. The van der Waals surface area contributed by atoms with Crippen molar-refractivity contribution in [2.24, 2.45) is 5.14 Å². The molecule has 2 heterocycles. The first-order valence-corrected chi connectivity index (χ1v) is 13.9. The molecule has 1 aliphatic heterocycles. The summed E-state index contributed by atoms with van der Waals surface area (Å²) in [7, 11) is -7.76. The Kier molecular flexibility index (Phi) is 6.07. The quantitative estimate of drug-likeness (QED) is 0.557. The van der Waals surface area contributed by atoms with Gasteiger partial charge < -0.3 is 4.74 Å². The van der Waals surface area contributed by atoms with E-state index in [9.17, 15) is 26.0 Å². The minimum absolute atomic E-state index is 0.0742. The van der Waals surface area contributed by atoms with Gasteiger partial charge in [-0.05, 0) is 69.2 Å². The summed E-state index contributed by atoms with van der Waals surface area (Å²) in [6.07, 6.45) is 0.859. The van der Waals surface area contributed by atoms with E-state index in [4.69, 9.17) is 9.88 Å². The van der Waals surface area contributed by atoms with Gasteiger partial charge in [0.15, 0.2) is 0 Å². The van der Waals surface area contributed by atoms with E-state index in [1.807, 2.05) is 0 Å². The van der Waals surface area contributed by atoms with E-state index < -0.39 is 49.4 Å². The van der Waals surface area contributed by atoms with Crippen molar-refractivity contribution in [2.45, 2.75) is 44.2 Å². The molecule has 0 saturated carbocycles. The predicted octanol–water partition coefficient (Wildman–Crippen LogP) is 3.58. The molecule has 0 bridgehead atoms. The fourth-order valence-corrected chi connectivity index (χ4v) is 6.64. The van der Waals surface area contributed by atoms with Crippen LogP contribution in [0, 0.1) is 5.82 Å². The Hall–Kier alpha value is -2.80. The van der Waals surface area contributed by atoms with Crippen LogP contribution in [0.3, 0.4) is 0 Å². The zero-order chi connectivity index (χ0) is 25.9. The molecule has 0 saturated heterocycles. The highest BCUT2D eigenvalue weighted by atomic mass is 32.2. The van der Waals surface area contributed by atoms with E-state index in [1.54, 1.807) is 45.9 Å². The van der Waals surface area contributed by atoms with Crippen molar-refractivity contribution >= 4 is 37.0 Å². The Morgan fingerprint density at radius 3 is 2.49 bits per heavy atom. The van der Waals surface area contributed by atoms with Crippen molar-refractivity contribution in [3.63, 3.8) is 0 Å². The molecule has 2 N–H and O–H groups in total. The molecule has 0 amide bonds. The van der Waals surface area contributed by atoms with Crippen molar-refractivity contribution in [2.75, 3.05) is 12.3 Å². The van der Waals surface area contributed by atoms with Gasteiger partial charge in [-0.25, -0.2) is 31.2 Å². The number of aromatic nitrogens is 1. The molecular formula is C23H26FN3O6S2. The Morgan fingerprint density at radius 2 is 1.86 bits per heavy atom. The molecule has 1 unspecified atom stereocenters. The zero-order valence-electron chi connectivity index (χ0n) is 19.6. The number of hydrogen-bond acceptors (Lipinski definition) is 6. The van der Waals surface area contributed by atoms with E-state index in [0.29, 0.717) is 27.6 Å². The van der Waals surface area contributed by atoms with Gasteiger partial charge in [0.1, 0.15) is 11.4 Å². The van der Waals surface area contributed by atoms with Gasteiger partial charge in [-0.2, -0.15) is 4.31 Å². The monoisotopic (exact) mass is 523 g/mol. The van der Waals surface area contributed by atoms with Crippen LogP contribution in [0.15, 0.2) is 47.5 Å². The van der Waals surface area contributed by atoms with Gasteiger partial charge in [-0.1, -0.05) is 6.07 Å². The third kappa shape index (κ3) is 4.83. The van der Waals surface area contributed by atoms with Gasteiger partial charge in [-0.3, -0.25) is 4.57 Å². The number of benzene rings is 2. The number of nitrogens with two attached hydrogens (primary N) is 1. The number of fused-ring (bicyclic) bond motifs is 2. The van der Waals surface area contributed by atoms with E-state index >= 15 is 0 Å². The first-order chi connectivity index (χ1) is 16.1. The standard InChI is InChI=1S/C23H26FN3O6S2/c1-14-18-11-15(5-8-21(18)35(31,32)27(14)9-10-34(25,29)30)19-13-26(22(28)33-23(2,3)4)20-12-16(24)6-7-17(19)20/h5-8,11-14H,9-10H2,1-4H3,(H2,25,29,30). The van der Waals surface area contributed by atoms with Gasteiger partial charge in [0.05, 0.1) is 16.2 Å². The van der Waals surface area contributed by atoms with E-state index in [0.717, 1.165) is 4.31 Å². The van der Waals surface area contributed by atoms with E-state index in [-0.39, 0.29) is 11.4 Å². The molecule has 2 aromatic carbocycles. The summed E-state index contributed by atoms with van der Waals surface area (Å²) < 4.78 is 70.7. The maximum Gasteiger partial charge on any atom is 0.419 e. The van der Waals surface area contributed by atoms with Crippen molar-refractivity contribution < 1.29 is 30.8 Å². The zero-order valence-corrected chi connectivity index (χ0v) is 21.3. The number of nitrogens with zero attached hydrogens (tertiary/aromatic N) is 2. The molecule has 1 aliphatic rings. The van der Waals surface area contributed by atoms with Gasteiger partial charge in [0.2, 0.25) is 20.0 Å². The third-order valence-electron chi connectivity index (χ3n) is 5.74. The van der Waals surface area contributed by atoms with Gasteiger partial charge >= 0.3 is 6.09 Å². The number of carbonyl (C=O) groups is 1. The molecule has 12 heteroatoms. The molecule has 0 fully saturated rings. The number of rotatable bonds is 4. The van der Waals surface area contributed by atoms with Crippen LogP contribution < -0.4 is 5.14 Å². The normalized spacial score (nSPS) is 18.1. The van der Waals surface area contributed by atoms with Crippen molar-refractivity contribution in [1.29, 1.82) is 0 Å². The molecule has 9 nitrogen and oxygen atoms in total. The Balaban J connectivity index is 1.81. The second kappa shape index (κ2) is 8.40. The lowest BCUT2D eigenvalue weighted by Gasteiger charge is -2.19. The topological polar surface area (TPSA) is 129 Å². The summed E-state index contributed by atoms with van der Waals surface area (Å²) in [5.41, 5.74) is 1.22. The second-order valence-electron chi connectivity index (χ2n) is 9.47. The van der Waals surface area contributed by atoms with E-state index in [1.165, 1.54) is 29.0 Å². The van der Waals surface area contributed by atoms with Crippen LogP contribution in [0.2, 0.25) is 0 Å². The first kappa shape index (κ1) is 25.3. The fraction of sp³-hybridized carbons (Fsp3) is 0.348. The average molecular weight is 524 g/mol. The summed E-state index contributed by atoms with van der Waals surface area (Å²) in [5.74, 6) is -1.03. The summed E-state index contributed by atoms with van der Waals surface area (Å²) in [6, 6.07) is 8.17. The summed E-state index contributed by atoms with van der Waals surface area (Å²) in [6.45, 7) is 6.56. The minimum Gasteiger partial charge on any atom is -0.443 e. The van der Waals surface area contributed by atoms with Crippen LogP contribution in [-0.4, -0.2) is 49.7 Å². The minimum atomic E-state index is -3.91. The lowest BCUT2D eigenvalue weighted by Crippen LogP contribution is -2.33. The molecule has 1 atom stereocenters. The van der Waals surface area contributed by atoms with Gasteiger partial charge in [0, 0.05) is 29.7 Å². The highest BCUT2D eigenvalue weighted by Crippen LogP contribution is 2.42. The third-order valence-corrected chi connectivity index (χ3v) is 8.54. The SMILES string of the molecule is CC1c2cc(-c3cn(C(=O)OC(C)(C)C)c4cc(F)ccc34)ccc2S(=O)(=O)N1CCS(N)(=O)=O. The smallest absolute Gasteiger partial charge is 0.419 e. The van der Waals surface area contributed by atoms with Crippen LogP contribution in [0.1, 0.15) is 39.3 Å². The van der Waals surface area contributed by atoms with Crippen molar-refractivity contribution in [3.05, 3.63) is 54.0 Å². The molecule has 4 rings (SSSR count). The second-order valence-corrected chi connectivity index (χ2v) is 13.1. The molecule has 0 radical (unpaired) electrons. The first-order valence-electron chi connectivity index (χ1n) is 10.8. The maximum atomic E-state index is 14.1. The number of sulfonamides is 2. The molecule has 3 aromatic rings. The number of halogens is 1. The van der Waals surface area contributed by atoms with Crippen LogP contribution in [0.25, 0.3) is 22.0 Å². The van der Waals surface area contributed by atoms with Crippen LogP contribution in [-0.2, 0) is 24.8 Å². The van der Waals surface area contributed by atoms with Gasteiger partial charge in [-0.15, -0.1) is 0 Å². The highest BCUT2D eigenvalue weighted by Gasteiger charge is 2.40. The number of hydrogen-bond donors (Lipinski definition) is 1. The summed E-state index contributed by atoms with van der Waals surface area (Å²) in [5, 5.41) is 5.65. The predicted molar refractivity (Wildman–Crippen MR) is 129 cm³/mol. The molecular weight excluding hydrogens is 497 g/mol. The molecule has 188 valence electrons. The van der Waals surface area contributed by atoms with Crippen LogP contribution >= 0.6 is 0 Å². The lowest BCUT2D eigenvalue weighted by atomic mass is 9.99. The number of ether oxygens (including phenoxy) is 1. The van der Waals surface area contributed by atoms with E-state index in [2.05, 4.69) is 0 Å². The molecule has 35 heavy (non-hydrogen) atoms. The Labute approximate surface area is 203 Å². The van der Waals surface area contributed by atoms with Crippen molar-refractivity contribution in [3.8, 4) is 11.1 Å². The molecule has 1 aromatic heterocycles. The Morgan fingerprint density at radius 1 is 1.17 bits per heavy atom. The van der Waals surface area contributed by atoms with Crippen molar-refractivity contribution in [1.82, 2.24) is 8.87 Å². The number of carbonyl (C=O) groups excluding carboxylic acids is 1. The highest BCUT2D eigenvalue weighted by molar-refractivity contribution is 7.90. The largest absolute Gasteiger partial charge is 0.443 e. The Bertz CT molecular complexity index is 1560. The molecule has 0 aliphatic carbocycles. The van der Waals surface area contributed by atoms with Crippen LogP contribution in [0.4, 0.5) is 9.18 Å². The average Bonchev–Trinajstić information content (AvgIpc) is 3.17. The summed E-state index contributed by atoms with van der Waals surface area (Å²) >= 11 is 0. The fourth-order valence-electron chi connectivity index (χ4n) is 4.19. The van der Waals surface area contributed by atoms with Gasteiger partial charge in [0.25, 0.3) is 0 Å². The maximum absolute atomic E-state index is 14.1. The summed E-state index contributed by atoms with van der Waals surface area (Å²) in [4.78, 5) is 12.9. The lowest BCUT2D eigenvalue weighted by molar-refractivity contribution is 0.0544. The van der Waals surface area contributed by atoms with Crippen LogP contribution in [0.5, 0.6) is 0 Å². The molecule has 0 spiro atoms.